The molecule has 0 aromatic carbocycles. The molecule has 1 atom stereocenters. The van der Waals surface area contributed by atoms with Crippen LogP contribution in [0.1, 0.15) is 30.7 Å². The molecule has 1 aliphatic rings. The van der Waals surface area contributed by atoms with E-state index in [2.05, 4.69) is 40.1 Å². The van der Waals surface area contributed by atoms with Crippen molar-refractivity contribution in [3.05, 3.63) is 22.4 Å². The van der Waals surface area contributed by atoms with Crippen LogP contribution in [0.15, 0.2) is 22.5 Å². The lowest BCUT2D eigenvalue weighted by molar-refractivity contribution is 0.129. The van der Waals surface area contributed by atoms with Crippen molar-refractivity contribution >= 4 is 17.3 Å². The first-order valence-corrected chi connectivity index (χ1v) is 7.76. The molecule has 1 aliphatic carbocycles. The molecule has 5 heteroatoms. The summed E-state index contributed by atoms with van der Waals surface area (Å²) in [5, 5.41) is 8.74. The highest BCUT2D eigenvalue weighted by Crippen LogP contribution is 2.28. The van der Waals surface area contributed by atoms with Crippen molar-refractivity contribution < 1.29 is 4.74 Å². The third-order valence-electron chi connectivity index (χ3n) is 3.14. The molecule has 0 saturated heterocycles. The number of guanidine groups is 1. The van der Waals surface area contributed by atoms with E-state index in [0.29, 0.717) is 0 Å². The van der Waals surface area contributed by atoms with Gasteiger partial charge in [-0.25, -0.2) is 0 Å². The van der Waals surface area contributed by atoms with Crippen LogP contribution in [0.4, 0.5) is 0 Å². The normalized spacial score (nSPS) is 17.3. The highest BCUT2D eigenvalue weighted by Gasteiger charge is 2.20. The molecule has 1 heterocycles. The number of rotatable bonds is 7. The molecular formula is C14H23N3OS. The molecule has 0 bridgehead atoms. The molecule has 1 fully saturated rings. The standard InChI is InChI=1S/C14H23N3OS/c1-11(13-4-3-9-19-13)17-14(15-2)16-7-8-18-10-12-5-6-12/h3-4,9,11-12H,5-8,10H2,1-2H3,(H2,15,16,17). The van der Waals surface area contributed by atoms with Crippen LogP contribution in [0, 0.1) is 5.92 Å². The SMILES string of the molecule is CN=C(NCCOCC1CC1)NC(C)c1cccs1. The van der Waals surface area contributed by atoms with Crippen LogP contribution >= 0.6 is 11.3 Å². The van der Waals surface area contributed by atoms with E-state index in [1.165, 1.54) is 17.7 Å². The minimum absolute atomic E-state index is 0.276. The van der Waals surface area contributed by atoms with Gasteiger partial charge in [0.05, 0.1) is 12.6 Å². The Morgan fingerprint density at radius 2 is 2.42 bits per heavy atom. The maximum absolute atomic E-state index is 5.59. The summed E-state index contributed by atoms with van der Waals surface area (Å²) in [5.41, 5.74) is 0. The van der Waals surface area contributed by atoms with Crippen molar-refractivity contribution in [2.45, 2.75) is 25.8 Å². The number of ether oxygens (including phenoxy) is 1. The van der Waals surface area contributed by atoms with Gasteiger partial charge in [0.25, 0.3) is 0 Å². The van der Waals surface area contributed by atoms with E-state index in [0.717, 1.165) is 31.6 Å². The summed E-state index contributed by atoms with van der Waals surface area (Å²) in [7, 11) is 1.79. The second-order valence-corrected chi connectivity index (χ2v) is 5.88. The zero-order chi connectivity index (χ0) is 13.5. The lowest BCUT2D eigenvalue weighted by Gasteiger charge is -2.16. The third kappa shape index (κ3) is 5.20. The molecule has 106 valence electrons. The molecule has 0 aliphatic heterocycles. The maximum atomic E-state index is 5.59. The number of hydrogen-bond acceptors (Lipinski definition) is 3. The van der Waals surface area contributed by atoms with Crippen molar-refractivity contribution in [2.24, 2.45) is 10.9 Å². The summed E-state index contributed by atoms with van der Waals surface area (Å²) in [4.78, 5) is 5.54. The van der Waals surface area contributed by atoms with Gasteiger partial charge in [-0.2, -0.15) is 0 Å². The fourth-order valence-corrected chi connectivity index (χ4v) is 2.52. The first-order valence-electron chi connectivity index (χ1n) is 6.88. The summed E-state index contributed by atoms with van der Waals surface area (Å²) in [6, 6.07) is 4.48. The summed E-state index contributed by atoms with van der Waals surface area (Å²) in [5.74, 6) is 1.66. The smallest absolute Gasteiger partial charge is 0.191 e. The van der Waals surface area contributed by atoms with E-state index in [-0.39, 0.29) is 6.04 Å². The van der Waals surface area contributed by atoms with Crippen molar-refractivity contribution in [3.63, 3.8) is 0 Å². The molecule has 1 unspecified atom stereocenters. The summed E-state index contributed by atoms with van der Waals surface area (Å²) < 4.78 is 5.59. The van der Waals surface area contributed by atoms with Crippen LogP contribution in [0.5, 0.6) is 0 Å². The quantitative estimate of drug-likeness (QED) is 0.458. The predicted octanol–water partition coefficient (Wildman–Crippen LogP) is 2.40. The topological polar surface area (TPSA) is 45.7 Å². The number of nitrogens with one attached hydrogen (secondary N) is 2. The lowest BCUT2D eigenvalue weighted by Crippen LogP contribution is -2.40. The van der Waals surface area contributed by atoms with Crippen LogP contribution in [0.25, 0.3) is 0 Å². The van der Waals surface area contributed by atoms with Crippen molar-refractivity contribution in [3.8, 4) is 0 Å². The Labute approximate surface area is 119 Å². The van der Waals surface area contributed by atoms with Gasteiger partial charge >= 0.3 is 0 Å². The second-order valence-electron chi connectivity index (χ2n) is 4.90. The second kappa shape index (κ2) is 7.50. The van der Waals surface area contributed by atoms with Gasteiger partial charge in [0.15, 0.2) is 5.96 Å². The highest BCUT2D eigenvalue weighted by molar-refractivity contribution is 7.10. The summed E-state index contributed by atoms with van der Waals surface area (Å²) in [6.45, 7) is 4.59. The van der Waals surface area contributed by atoms with Gasteiger partial charge in [0.1, 0.15) is 0 Å². The summed E-state index contributed by atoms with van der Waals surface area (Å²) >= 11 is 1.76. The Kier molecular flexibility index (Phi) is 5.66. The number of hydrogen-bond donors (Lipinski definition) is 2. The average molecular weight is 281 g/mol. The monoisotopic (exact) mass is 281 g/mol. The van der Waals surface area contributed by atoms with Gasteiger partial charge < -0.3 is 15.4 Å². The maximum Gasteiger partial charge on any atom is 0.191 e. The molecule has 4 nitrogen and oxygen atoms in total. The van der Waals surface area contributed by atoms with Gasteiger partial charge in [0.2, 0.25) is 0 Å². The Hall–Kier alpha value is -1.07. The van der Waals surface area contributed by atoms with Gasteiger partial charge in [0, 0.05) is 25.1 Å². The van der Waals surface area contributed by atoms with Crippen molar-refractivity contribution in [1.29, 1.82) is 0 Å². The van der Waals surface area contributed by atoms with E-state index in [1.54, 1.807) is 18.4 Å². The van der Waals surface area contributed by atoms with Crippen molar-refractivity contribution in [2.75, 3.05) is 26.8 Å². The van der Waals surface area contributed by atoms with Crippen molar-refractivity contribution in [1.82, 2.24) is 10.6 Å². The van der Waals surface area contributed by atoms with E-state index in [4.69, 9.17) is 4.74 Å². The van der Waals surface area contributed by atoms with Crippen LogP contribution in [-0.2, 0) is 4.74 Å². The Morgan fingerprint density at radius 3 is 3.05 bits per heavy atom. The van der Waals surface area contributed by atoms with Crippen LogP contribution in [0.2, 0.25) is 0 Å². The minimum Gasteiger partial charge on any atom is -0.379 e. The number of thiophene rings is 1. The lowest BCUT2D eigenvalue weighted by atomic mass is 10.3. The number of nitrogens with zero attached hydrogens (tertiary/aromatic N) is 1. The molecular weight excluding hydrogens is 258 g/mol. The number of aliphatic imine (C=N–C) groups is 1. The van der Waals surface area contributed by atoms with E-state index < -0.39 is 0 Å². The third-order valence-corrected chi connectivity index (χ3v) is 4.19. The van der Waals surface area contributed by atoms with E-state index in [1.807, 2.05) is 0 Å². The fourth-order valence-electron chi connectivity index (χ4n) is 1.78. The average Bonchev–Trinajstić information content (AvgIpc) is 3.07. The molecule has 2 rings (SSSR count). The molecule has 1 aromatic heterocycles. The van der Waals surface area contributed by atoms with Crippen LogP contribution < -0.4 is 10.6 Å². The Morgan fingerprint density at radius 1 is 1.58 bits per heavy atom. The molecule has 0 spiro atoms. The first-order chi connectivity index (χ1) is 9.29. The van der Waals surface area contributed by atoms with Gasteiger partial charge in [-0.05, 0) is 37.1 Å². The van der Waals surface area contributed by atoms with Crippen LogP contribution in [0.3, 0.4) is 0 Å². The van der Waals surface area contributed by atoms with Gasteiger partial charge in [-0.1, -0.05) is 6.07 Å². The predicted molar refractivity (Wildman–Crippen MR) is 80.8 cm³/mol. The van der Waals surface area contributed by atoms with Gasteiger partial charge in [-0.3, -0.25) is 4.99 Å². The molecule has 0 radical (unpaired) electrons. The first kappa shape index (κ1) is 14.3. The molecule has 1 aromatic rings. The Balaban J connectivity index is 1.62. The zero-order valence-electron chi connectivity index (χ0n) is 11.7. The van der Waals surface area contributed by atoms with E-state index in [9.17, 15) is 0 Å². The highest BCUT2D eigenvalue weighted by atomic mass is 32.1. The summed E-state index contributed by atoms with van der Waals surface area (Å²) in [6.07, 6.45) is 2.68. The zero-order valence-corrected chi connectivity index (χ0v) is 12.5. The minimum atomic E-state index is 0.276. The molecule has 0 amide bonds. The molecule has 1 saturated carbocycles. The molecule has 19 heavy (non-hydrogen) atoms. The van der Waals surface area contributed by atoms with Crippen LogP contribution in [-0.4, -0.2) is 32.8 Å². The molecule has 2 N–H and O–H groups in total. The Bertz CT molecular complexity index is 387. The van der Waals surface area contributed by atoms with Gasteiger partial charge in [-0.15, -0.1) is 11.3 Å². The largest absolute Gasteiger partial charge is 0.379 e. The van der Waals surface area contributed by atoms with E-state index >= 15 is 0 Å². The fraction of sp³-hybridized carbons (Fsp3) is 0.643.